The zero-order valence-corrected chi connectivity index (χ0v) is 9.08. The van der Waals surface area contributed by atoms with Crippen molar-refractivity contribution < 1.29 is 18.7 Å². The first-order chi connectivity index (χ1) is 7.26. The minimum atomic E-state index is -0.293. The van der Waals surface area contributed by atoms with Crippen LogP contribution < -0.4 is 0 Å². The SMILES string of the molecule is COC(=O)CC1CN(CCCF)CCO1. The van der Waals surface area contributed by atoms with Crippen LogP contribution >= 0.6 is 0 Å². The van der Waals surface area contributed by atoms with Crippen molar-refractivity contribution in [3.63, 3.8) is 0 Å². The summed E-state index contributed by atoms with van der Waals surface area (Å²) in [5, 5.41) is 0. The zero-order valence-electron chi connectivity index (χ0n) is 9.08. The Morgan fingerprint density at radius 3 is 3.13 bits per heavy atom. The third-order valence-electron chi connectivity index (χ3n) is 2.45. The van der Waals surface area contributed by atoms with Gasteiger partial charge < -0.3 is 9.47 Å². The summed E-state index contributed by atoms with van der Waals surface area (Å²) in [5.41, 5.74) is 0. The summed E-state index contributed by atoms with van der Waals surface area (Å²) in [6.07, 6.45) is 0.721. The van der Waals surface area contributed by atoms with Gasteiger partial charge in [0.1, 0.15) is 0 Å². The summed E-state index contributed by atoms with van der Waals surface area (Å²) in [4.78, 5) is 13.1. The Bertz CT molecular complexity index is 201. The molecule has 0 aliphatic carbocycles. The molecule has 0 amide bonds. The largest absolute Gasteiger partial charge is 0.469 e. The number of hydrogen-bond donors (Lipinski definition) is 0. The molecular formula is C10H18FNO3. The van der Waals surface area contributed by atoms with E-state index in [2.05, 4.69) is 9.64 Å². The Labute approximate surface area is 89.3 Å². The molecule has 1 rings (SSSR count). The Morgan fingerprint density at radius 2 is 2.47 bits per heavy atom. The quantitative estimate of drug-likeness (QED) is 0.635. The van der Waals surface area contributed by atoms with E-state index >= 15 is 0 Å². The van der Waals surface area contributed by atoms with E-state index in [0.29, 0.717) is 19.6 Å². The standard InChI is InChI=1S/C10H18FNO3/c1-14-10(13)7-9-8-12(4-2-3-11)5-6-15-9/h9H,2-8H2,1H3. The number of rotatable bonds is 5. The second-order valence-electron chi connectivity index (χ2n) is 3.62. The van der Waals surface area contributed by atoms with Gasteiger partial charge in [-0.3, -0.25) is 14.1 Å². The van der Waals surface area contributed by atoms with E-state index in [0.717, 1.165) is 13.1 Å². The molecule has 0 bridgehead atoms. The molecule has 4 nitrogen and oxygen atoms in total. The Kier molecular flexibility index (Phi) is 5.57. The fraction of sp³-hybridized carbons (Fsp3) is 0.900. The van der Waals surface area contributed by atoms with E-state index in [4.69, 9.17) is 4.74 Å². The minimum Gasteiger partial charge on any atom is -0.469 e. The molecule has 5 heteroatoms. The predicted molar refractivity (Wildman–Crippen MR) is 53.4 cm³/mol. The summed E-state index contributed by atoms with van der Waals surface area (Å²) in [7, 11) is 1.37. The number of esters is 1. The monoisotopic (exact) mass is 219 g/mol. The van der Waals surface area contributed by atoms with Crippen molar-refractivity contribution in [2.24, 2.45) is 0 Å². The van der Waals surface area contributed by atoms with Crippen molar-refractivity contribution in [2.75, 3.05) is 40.0 Å². The van der Waals surface area contributed by atoms with Gasteiger partial charge in [-0.15, -0.1) is 0 Å². The van der Waals surface area contributed by atoms with Crippen LogP contribution in [0.3, 0.4) is 0 Å². The minimum absolute atomic E-state index is 0.106. The lowest BCUT2D eigenvalue weighted by Crippen LogP contribution is -2.43. The lowest BCUT2D eigenvalue weighted by atomic mass is 10.2. The van der Waals surface area contributed by atoms with Crippen LogP contribution in [0, 0.1) is 0 Å². The molecule has 1 aliphatic heterocycles. The Morgan fingerprint density at radius 1 is 1.67 bits per heavy atom. The van der Waals surface area contributed by atoms with E-state index in [1.807, 2.05) is 0 Å². The van der Waals surface area contributed by atoms with Gasteiger partial charge in [0.05, 0.1) is 32.9 Å². The van der Waals surface area contributed by atoms with Crippen LogP contribution in [0.15, 0.2) is 0 Å². The summed E-state index contributed by atoms with van der Waals surface area (Å²) < 4.78 is 22.0. The van der Waals surface area contributed by atoms with Crippen molar-refractivity contribution >= 4 is 5.97 Å². The number of hydrogen-bond acceptors (Lipinski definition) is 4. The summed E-state index contributed by atoms with van der Waals surface area (Å²) in [5.74, 6) is -0.257. The molecule has 0 aromatic heterocycles. The van der Waals surface area contributed by atoms with Gasteiger partial charge in [-0.05, 0) is 6.42 Å². The van der Waals surface area contributed by atoms with Gasteiger partial charge in [0, 0.05) is 19.6 Å². The highest BCUT2D eigenvalue weighted by Gasteiger charge is 2.22. The number of nitrogens with zero attached hydrogens (tertiary/aromatic N) is 1. The van der Waals surface area contributed by atoms with E-state index in [1.165, 1.54) is 7.11 Å². The molecule has 0 N–H and O–H groups in total. The van der Waals surface area contributed by atoms with Gasteiger partial charge in [0.15, 0.2) is 0 Å². The molecule has 1 aliphatic rings. The molecule has 0 spiro atoms. The highest BCUT2D eigenvalue weighted by Crippen LogP contribution is 2.09. The second kappa shape index (κ2) is 6.74. The van der Waals surface area contributed by atoms with Crippen molar-refractivity contribution in [2.45, 2.75) is 18.9 Å². The lowest BCUT2D eigenvalue weighted by molar-refractivity contribution is -0.145. The molecule has 0 aromatic carbocycles. The van der Waals surface area contributed by atoms with E-state index in [-0.39, 0.29) is 25.2 Å². The first-order valence-electron chi connectivity index (χ1n) is 5.23. The Balaban J connectivity index is 2.25. The van der Waals surface area contributed by atoms with Gasteiger partial charge >= 0.3 is 5.97 Å². The predicted octanol–water partition coefficient (Wildman–Crippen LogP) is 0.610. The van der Waals surface area contributed by atoms with Crippen LogP contribution in [0.25, 0.3) is 0 Å². The van der Waals surface area contributed by atoms with Crippen LogP contribution in [-0.4, -0.2) is 57.0 Å². The van der Waals surface area contributed by atoms with Gasteiger partial charge in [0.25, 0.3) is 0 Å². The molecule has 1 saturated heterocycles. The molecule has 0 radical (unpaired) electrons. The molecule has 1 heterocycles. The van der Waals surface area contributed by atoms with Gasteiger partial charge in [-0.2, -0.15) is 0 Å². The zero-order chi connectivity index (χ0) is 11.1. The van der Waals surface area contributed by atoms with E-state index in [1.54, 1.807) is 0 Å². The Hall–Kier alpha value is -0.680. The average Bonchev–Trinajstić information content (AvgIpc) is 2.26. The van der Waals surface area contributed by atoms with Crippen molar-refractivity contribution in [3.8, 4) is 0 Å². The highest BCUT2D eigenvalue weighted by molar-refractivity contribution is 5.69. The summed E-state index contributed by atoms with van der Waals surface area (Å²) in [6, 6.07) is 0. The number of carbonyl (C=O) groups excluding carboxylic acids is 1. The van der Waals surface area contributed by atoms with Crippen LogP contribution in [-0.2, 0) is 14.3 Å². The van der Waals surface area contributed by atoms with Gasteiger partial charge in [-0.25, -0.2) is 0 Å². The number of morpholine rings is 1. The number of ether oxygens (including phenoxy) is 2. The fourth-order valence-corrected chi connectivity index (χ4v) is 1.66. The van der Waals surface area contributed by atoms with Crippen LogP contribution in [0.1, 0.15) is 12.8 Å². The third-order valence-corrected chi connectivity index (χ3v) is 2.45. The maximum Gasteiger partial charge on any atom is 0.308 e. The van der Waals surface area contributed by atoms with Crippen LogP contribution in [0.5, 0.6) is 0 Å². The first-order valence-corrected chi connectivity index (χ1v) is 5.23. The van der Waals surface area contributed by atoms with Gasteiger partial charge in [-0.1, -0.05) is 0 Å². The van der Waals surface area contributed by atoms with Gasteiger partial charge in [0.2, 0.25) is 0 Å². The second-order valence-corrected chi connectivity index (χ2v) is 3.62. The molecule has 1 atom stereocenters. The molecule has 0 aromatic rings. The summed E-state index contributed by atoms with van der Waals surface area (Å²) in [6.45, 7) is 2.55. The number of methoxy groups -OCH3 is 1. The van der Waals surface area contributed by atoms with Crippen LogP contribution in [0.4, 0.5) is 4.39 Å². The van der Waals surface area contributed by atoms with Crippen molar-refractivity contribution in [3.05, 3.63) is 0 Å². The van der Waals surface area contributed by atoms with Crippen LogP contribution in [0.2, 0.25) is 0 Å². The average molecular weight is 219 g/mol. The first kappa shape index (κ1) is 12.4. The highest BCUT2D eigenvalue weighted by atomic mass is 19.1. The fourth-order valence-electron chi connectivity index (χ4n) is 1.66. The molecule has 0 saturated carbocycles. The lowest BCUT2D eigenvalue weighted by Gasteiger charge is -2.32. The molecule has 1 unspecified atom stereocenters. The smallest absolute Gasteiger partial charge is 0.308 e. The molecular weight excluding hydrogens is 201 g/mol. The van der Waals surface area contributed by atoms with Crippen molar-refractivity contribution in [1.82, 2.24) is 4.90 Å². The third kappa shape index (κ3) is 4.57. The maximum absolute atomic E-state index is 12.0. The number of alkyl halides is 1. The van der Waals surface area contributed by atoms with E-state index < -0.39 is 0 Å². The summed E-state index contributed by atoms with van der Waals surface area (Å²) >= 11 is 0. The molecule has 15 heavy (non-hydrogen) atoms. The topological polar surface area (TPSA) is 38.8 Å². The normalized spacial score (nSPS) is 22.7. The molecule has 88 valence electrons. The van der Waals surface area contributed by atoms with E-state index in [9.17, 15) is 9.18 Å². The molecule has 1 fully saturated rings. The number of halogens is 1. The van der Waals surface area contributed by atoms with Crippen molar-refractivity contribution in [1.29, 1.82) is 0 Å². The maximum atomic E-state index is 12.0. The number of carbonyl (C=O) groups is 1.